The van der Waals surface area contributed by atoms with Gasteiger partial charge in [0.1, 0.15) is 0 Å². The van der Waals surface area contributed by atoms with E-state index in [1.807, 2.05) is 79.7 Å². The first kappa shape index (κ1) is 34.4. The number of rotatable bonds is 10. The number of halogens is 2. The second kappa shape index (κ2) is 13.6. The average molecular weight is 760 g/mol. The first-order chi connectivity index (χ1) is 24.0. The zero-order chi connectivity index (χ0) is 35.2. The van der Waals surface area contributed by atoms with Gasteiger partial charge in [-0.1, -0.05) is 70.5 Å². The van der Waals surface area contributed by atoms with E-state index >= 15 is 4.11 Å². The van der Waals surface area contributed by atoms with Crippen LogP contribution in [-0.2, 0) is 39.4 Å². The van der Waals surface area contributed by atoms with Gasteiger partial charge >= 0.3 is 0 Å². The first-order valence-corrected chi connectivity index (χ1v) is 20.8. The molecule has 260 valence electrons. The number of aromatic nitrogens is 3. The van der Waals surface area contributed by atoms with Gasteiger partial charge in [-0.25, -0.2) is 5.01 Å². The molecule has 2 amide bonds. The van der Waals surface area contributed by atoms with Crippen LogP contribution in [0, 0.1) is 5.92 Å². The maximum absolute atomic E-state index is 16.3. The highest BCUT2D eigenvalue weighted by molar-refractivity contribution is 9.10. The van der Waals surface area contributed by atoms with Crippen LogP contribution in [-0.4, -0.2) is 58.7 Å². The van der Waals surface area contributed by atoms with E-state index in [1.54, 1.807) is 28.9 Å². The number of aliphatic hydroxyl groups is 1. The normalized spacial score (nSPS) is 23.6. The summed E-state index contributed by atoms with van der Waals surface area (Å²) in [5.74, 6) is -0.698. The second-order valence-electron chi connectivity index (χ2n) is 13.8. The van der Waals surface area contributed by atoms with E-state index in [0.717, 1.165) is 32.6 Å². The minimum absolute atomic E-state index is 0.0197. The molecule has 50 heavy (non-hydrogen) atoms. The number of hydrazone groups is 1. The summed E-state index contributed by atoms with van der Waals surface area (Å²) in [5.41, 5.74) is 3.74. The molecular formula is C37H40BrFN6O4Si. The highest BCUT2D eigenvalue weighted by Gasteiger charge is 2.66. The number of hydrogen-bond acceptors (Lipinski definition) is 7. The lowest BCUT2D eigenvalue weighted by Gasteiger charge is -2.31. The van der Waals surface area contributed by atoms with Crippen LogP contribution in [0.25, 0.3) is 0 Å². The van der Waals surface area contributed by atoms with Gasteiger partial charge in [-0.15, -0.1) is 5.10 Å². The van der Waals surface area contributed by atoms with E-state index in [-0.39, 0.29) is 25.0 Å². The molecule has 4 aromatic rings. The molecule has 1 spiro atoms. The number of ether oxygens (including phenoxy) is 1. The number of nitrogens with zero attached hydrogens (tertiary/aromatic N) is 6. The molecule has 3 aliphatic heterocycles. The Hall–Kier alpha value is -4.04. The molecule has 1 N–H and O–H groups in total. The van der Waals surface area contributed by atoms with Gasteiger partial charge in [0, 0.05) is 60.1 Å². The van der Waals surface area contributed by atoms with Crippen molar-refractivity contribution < 1.29 is 23.5 Å². The van der Waals surface area contributed by atoms with Crippen molar-refractivity contribution in [1.29, 1.82) is 0 Å². The Morgan fingerprint density at radius 3 is 2.54 bits per heavy atom. The molecule has 0 unspecified atom stereocenters. The molecule has 0 radical (unpaired) electrons. The van der Waals surface area contributed by atoms with E-state index in [2.05, 4.69) is 31.3 Å². The number of aryl methyl sites for hydroxylation is 1. The predicted molar refractivity (Wildman–Crippen MR) is 195 cm³/mol. The second-order valence-corrected chi connectivity index (χ2v) is 18.6. The predicted octanol–water partition coefficient (Wildman–Crippen LogP) is 6.52. The number of carbonyl (C=O) groups excluding carboxylic acids is 2. The van der Waals surface area contributed by atoms with Gasteiger partial charge in [0.05, 0.1) is 35.4 Å². The molecule has 4 atom stereocenters. The van der Waals surface area contributed by atoms with Crippen molar-refractivity contribution in [1.82, 2.24) is 15.0 Å². The summed E-state index contributed by atoms with van der Waals surface area (Å²) in [7, 11) is -3.33. The quantitative estimate of drug-likeness (QED) is 0.146. The SMILES string of the molecule is C[C@H]1[C@H]([Si](C)(C)F)[C@@H](CCn2cc(CCO)nn2)O[C@]12C(=O)N(Cc1ccc(N3N=C(c4ccccc4)CCC3=O)cc1)c1ccc(Br)cc12. The van der Waals surface area contributed by atoms with Gasteiger partial charge in [0.15, 0.2) is 5.60 Å². The molecule has 4 heterocycles. The standard InChI is InChI=1S/C37H40BrFN6O4Si/c1-24-35(50(2,3)39)33(17-19-43-23-28(18-20-46)40-42-43)49-37(24)30-21-27(38)11-15-32(30)44(36(37)48)22-25-9-12-29(13-10-25)45-34(47)16-14-31(41-45)26-7-5-4-6-8-26/h4-13,15,21,23-24,33,35,46H,14,16-20,22H2,1-3H3/t24-,33+,35-,37+/m0/s1. The molecule has 3 aromatic carbocycles. The topological polar surface area (TPSA) is 113 Å². The molecule has 0 saturated carbocycles. The number of benzene rings is 3. The Kier molecular flexibility index (Phi) is 9.35. The van der Waals surface area contributed by atoms with Crippen molar-refractivity contribution in [3.8, 4) is 0 Å². The maximum atomic E-state index is 16.3. The maximum Gasteiger partial charge on any atom is 0.264 e. The largest absolute Gasteiger partial charge is 0.396 e. The number of hydrogen-bond donors (Lipinski definition) is 1. The molecule has 10 nitrogen and oxygen atoms in total. The lowest BCUT2D eigenvalue weighted by Crippen LogP contribution is -2.45. The molecular weight excluding hydrogens is 719 g/mol. The minimum atomic E-state index is -3.33. The van der Waals surface area contributed by atoms with Crippen LogP contribution in [0.3, 0.4) is 0 Å². The summed E-state index contributed by atoms with van der Waals surface area (Å²) >= 11 is 3.61. The van der Waals surface area contributed by atoms with E-state index in [4.69, 9.17) is 4.74 Å². The molecule has 13 heteroatoms. The van der Waals surface area contributed by atoms with Gasteiger partial charge in [-0.2, -0.15) is 5.10 Å². The third-order valence-electron chi connectivity index (χ3n) is 10.2. The highest BCUT2D eigenvalue weighted by atomic mass is 79.9. The van der Waals surface area contributed by atoms with Gasteiger partial charge in [0.2, 0.25) is 14.3 Å². The Balaban J connectivity index is 1.16. The zero-order valence-electron chi connectivity index (χ0n) is 28.3. The third-order valence-corrected chi connectivity index (χ3v) is 13.1. The van der Waals surface area contributed by atoms with E-state index in [1.165, 1.54) is 5.01 Å². The fourth-order valence-corrected chi connectivity index (χ4v) is 10.8. The Labute approximate surface area is 300 Å². The molecule has 1 aromatic heterocycles. The number of anilines is 2. The summed E-state index contributed by atoms with van der Waals surface area (Å²) in [6.07, 6.45) is 3.09. The van der Waals surface area contributed by atoms with Crippen molar-refractivity contribution >= 4 is 53.2 Å². The van der Waals surface area contributed by atoms with Crippen LogP contribution in [0.4, 0.5) is 15.5 Å². The van der Waals surface area contributed by atoms with Gasteiger partial charge in [-0.3, -0.25) is 14.3 Å². The lowest BCUT2D eigenvalue weighted by molar-refractivity contribution is -0.146. The number of carbonyl (C=O) groups is 2. The molecule has 0 aliphatic carbocycles. The van der Waals surface area contributed by atoms with Crippen LogP contribution in [0.15, 0.2) is 88.6 Å². The average Bonchev–Trinajstić information content (AvgIpc) is 3.74. The van der Waals surface area contributed by atoms with Crippen molar-refractivity contribution in [3.05, 3.63) is 106 Å². The summed E-state index contributed by atoms with van der Waals surface area (Å²) in [6, 6.07) is 23.2. The monoisotopic (exact) mass is 758 g/mol. The molecule has 7 rings (SSSR count). The zero-order valence-corrected chi connectivity index (χ0v) is 30.9. The molecule has 0 bridgehead atoms. The van der Waals surface area contributed by atoms with Gasteiger partial charge < -0.3 is 18.9 Å². The van der Waals surface area contributed by atoms with Crippen LogP contribution >= 0.6 is 15.9 Å². The summed E-state index contributed by atoms with van der Waals surface area (Å²) < 4.78 is 25.6. The lowest BCUT2D eigenvalue weighted by atomic mass is 9.82. The summed E-state index contributed by atoms with van der Waals surface area (Å²) in [5, 5.41) is 23.7. The van der Waals surface area contributed by atoms with Crippen LogP contribution in [0.5, 0.6) is 0 Å². The van der Waals surface area contributed by atoms with Gasteiger partial charge in [-0.05, 0) is 61.0 Å². The Bertz CT molecular complexity index is 1930. The van der Waals surface area contributed by atoms with Crippen molar-refractivity contribution in [3.63, 3.8) is 0 Å². The van der Waals surface area contributed by atoms with Crippen LogP contribution in [0.1, 0.15) is 48.6 Å². The smallest absolute Gasteiger partial charge is 0.264 e. The fourth-order valence-electron chi connectivity index (χ4n) is 7.90. The van der Waals surface area contributed by atoms with Crippen LogP contribution < -0.4 is 9.91 Å². The van der Waals surface area contributed by atoms with E-state index in [0.29, 0.717) is 43.6 Å². The van der Waals surface area contributed by atoms with E-state index in [9.17, 15) is 14.7 Å². The number of fused-ring (bicyclic) bond motifs is 2. The number of amides is 2. The Morgan fingerprint density at radius 2 is 1.82 bits per heavy atom. The van der Waals surface area contributed by atoms with Crippen molar-refractivity contribution in [2.75, 3.05) is 16.5 Å². The van der Waals surface area contributed by atoms with E-state index < -0.39 is 31.6 Å². The molecule has 1 saturated heterocycles. The first-order valence-electron chi connectivity index (χ1n) is 17.0. The summed E-state index contributed by atoms with van der Waals surface area (Å²) in [4.78, 5) is 29.4. The summed E-state index contributed by atoms with van der Waals surface area (Å²) in [6.45, 7) is 6.04. The molecule has 3 aliphatic rings. The van der Waals surface area contributed by atoms with Crippen LogP contribution in [0.2, 0.25) is 18.6 Å². The van der Waals surface area contributed by atoms with Crippen molar-refractivity contribution in [2.45, 2.75) is 76.0 Å². The fraction of sp³-hybridized carbons (Fsp3) is 0.378. The number of aliphatic hydroxyl groups excluding tert-OH is 1. The highest BCUT2D eigenvalue weighted by Crippen LogP contribution is 2.60. The molecule has 1 fully saturated rings. The van der Waals surface area contributed by atoms with Crippen molar-refractivity contribution in [2.24, 2.45) is 11.0 Å². The third kappa shape index (κ3) is 6.25. The minimum Gasteiger partial charge on any atom is -0.396 e. The van der Waals surface area contributed by atoms with Gasteiger partial charge in [0.25, 0.3) is 5.91 Å². The Morgan fingerprint density at radius 1 is 1.06 bits per heavy atom.